The number of aliphatic hydroxyl groups excluding tert-OH is 7. The first-order valence-electron chi connectivity index (χ1n) is 22.7. The molecular formula is C45H78O11S. The zero-order chi connectivity index (χ0) is 41.1. The average molecular weight is 827 g/mol. The van der Waals surface area contributed by atoms with E-state index in [2.05, 4.69) is 40.7 Å². The van der Waals surface area contributed by atoms with Crippen LogP contribution >= 0.6 is 11.8 Å². The fourth-order valence-electron chi connectivity index (χ4n) is 12.5. The first-order valence-corrected chi connectivity index (χ1v) is 23.8. The molecule has 0 radical (unpaired) electrons. The Labute approximate surface area is 346 Å². The van der Waals surface area contributed by atoms with Crippen molar-refractivity contribution in [1.29, 1.82) is 0 Å². The lowest BCUT2D eigenvalue weighted by molar-refractivity contribution is -0.338. The van der Waals surface area contributed by atoms with Gasteiger partial charge in [-0.1, -0.05) is 78.4 Å². The van der Waals surface area contributed by atoms with Gasteiger partial charge in [0.1, 0.15) is 54.3 Å². The van der Waals surface area contributed by atoms with E-state index in [0.29, 0.717) is 22.7 Å². The molecule has 0 aromatic carbocycles. The normalized spacial score (nSPS) is 45.3. The van der Waals surface area contributed by atoms with Gasteiger partial charge in [0.05, 0.1) is 19.3 Å². The molecule has 6 rings (SSSR count). The topological polar surface area (TPSA) is 179 Å². The average Bonchev–Trinajstić information content (AvgIpc) is 3.55. The van der Waals surface area contributed by atoms with Crippen molar-refractivity contribution in [2.24, 2.45) is 46.3 Å². The van der Waals surface area contributed by atoms with Crippen molar-refractivity contribution in [2.75, 3.05) is 25.6 Å². The monoisotopic (exact) mass is 827 g/mol. The van der Waals surface area contributed by atoms with Crippen LogP contribution in [0.3, 0.4) is 0 Å². The van der Waals surface area contributed by atoms with E-state index in [0.717, 1.165) is 80.6 Å². The summed E-state index contributed by atoms with van der Waals surface area (Å²) in [7, 11) is 0. The highest BCUT2D eigenvalue weighted by Crippen LogP contribution is 2.67. The van der Waals surface area contributed by atoms with Crippen molar-refractivity contribution >= 4 is 11.8 Å². The lowest BCUT2D eigenvalue weighted by Crippen LogP contribution is -2.64. The standard InChI is InChI=1S/C45H78O11S/c1-26(2)11-10-12-27(3)31-15-16-32-30-14-13-28-23-29(17-19-44(28,4)33(30)18-20-45(31,32)5)53-21-8-6-7-9-22-57-43-40(52)38(50)41(35(25-47)55-43)56-42-39(51)37(49)36(48)34(24-46)54-42/h13,26-27,29-43,46-52H,6-12,14-25H2,1-5H3. The quantitative estimate of drug-likeness (QED) is 0.0700. The van der Waals surface area contributed by atoms with Crippen LogP contribution in [0.5, 0.6) is 0 Å². The van der Waals surface area contributed by atoms with E-state index >= 15 is 0 Å². The van der Waals surface area contributed by atoms with Crippen LogP contribution in [-0.2, 0) is 18.9 Å². The Balaban J connectivity index is 0.880. The molecule has 0 aromatic rings. The van der Waals surface area contributed by atoms with Crippen molar-refractivity contribution in [3.63, 3.8) is 0 Å². The van der Waals surface area contributed by atoms with Gasteiger partial charge in [-0.3, -0.25) is 0 Å². The minimum Gasteiger partial charge on any atom is -0.394 e. The molecule has 2 aliphatic heterocycles. The molecule has 6 aliphatic rings. The molecule has 330 valence electrons. The fourth-order valence-corrected chi connectivity index (χ4v) is 13.7. The molecule has 18 unspecified atom stereocenters. The van der Waals surface area contributed by atoms with Crippen molar-refractivity contribution < 1.29 is 54.7 Å². The molecule has 2 heterocycles. The van der Waals surface area contributed by atoms with Crippen LogP contribution in [0.2, 0.25) is 0 Å². The number of thioether (sulfide) groups is 1. The summed E-state index contributed by atoms with van der Waals surface area (Å²) >= 11 is 1.37. The van der Waals surface area contributed by atoms with Crippen LogP contribution in [0.4, 0.5) is 0 Å². The van der Waals surface area contributed by atoms with E-state index < -0.39 is 73.8 Å². The molecule has 2 saturated heterocycles. The van der Waals surface area contributed by atoms with Gasteiger partial charge in [0.25, 0.3) is 0 Å². The maximum absolute atomic E-state index is 10.9. The third kappa shape index (κ3) is 9.99. The number of ether oxygens (including phenoxy) is 4. The molecule has 0 amide bonds. The maximum atomic E-state index is 10.9. The van der Waals surface area contributed by atoms with E-state index in [1.54, 1.807) is 5.57 Å². The first kappa shape index (κ1) is 46.2. The second kappa shape index (κ2) is 20.2. The van der Waals surface area contributed by atoms with Gasteiger partial charge < -0.3 is 54.7 Å². The highest BCUT2D eigenvalue weighted by Gasteiger charge is 2.59. The molecule has 0 aromatic heterocycles. The Bertz CT molecular complexity index is 1280. The summed E-state index contributed by atoms with van der Waals surface area (Å²) in [6.45, 7) is 12.2. The molecule has 0 bridgehead atoms. The molecule has 5 fully saturated rings. The van der Waals surface area contributed by atoms with Gasteiger partial charge in [-0.15, -0.1) is 11.8 Å². The largest absolute Gasteiger partial charge is 0.394 e. The highest BCUT2D eigenvalue weighted by molar-refractivity contribution is 7.99. The zero-order valence-electron chi connectivity index (χ0n) is 35.5. The first-order chi connectivity index (χ1) is 27.2. The molecule has 12 heteroatoms. The minimum absolute atomic E-state index is 0.317. The second-order valence-corrected chi connectivity index (χ2v) is 21.0. The predicted molar refractivity (Wildman–Crippen MR) is 220 cm³/mol. The number of hydrogen-bond donors (Lipinski definition) is 7. The Morgan fingerprint density at radius 3 is 2.26 bits per heavy atom. The third-order valence-electron chi connectivity index (χ3n) is 15.9. The smallest absolute Gasteiger partial charge is 0.187 e. The predicted octanol–water partition coefficient (Wildman–Crippen LogP) is 5.33. The Kier molecular flexibility index (Phi) is 16.4. The minimum atomic E-state index is -1.68. The summed E-state index contributed by atoms with van der Waals surface area (Å²) in [6.07, 6.45) is 8.81. The van der Waals surface area contributed by atoms with E-state index in [1.807, 2.05) is 0 Å². The Morgan fingerprint density at radius 2 is 1.53 bits per heavy atom. The van der Waals surface area contributed by atoms with Crippen molar-refractivity contribution in [2.45, 2.75) is 198 Å². The lowest BCUT2D eigenvalue weighted by Gasteiger charge is -2.58. The van der Waals surface area contributed by atoms with Crippen LogP contribution in [0.15, 0.2) is 11.6 Å². The summed E-state index contributed by atoms with van der Waals surface area (Å²) in [5.41, 5.74) is 1.75. The third-order valence-corrected chi connectivity index (χ3v) is 17.1. The summed E-state index contributed by atoms with van der Waals surface area (Å²) in [5.74, 6) is 5.83. The van der Waals surface area contributed by atoms with Gasteiger partial charge in [0.15, 0.2) is 6.29 Å². The van der Waals surface area contributed by atoms with Crippen molar-refractivity contribution in [3.8, 4) is 0 Å². The molecule has 4 aliphatic carbocycles. The molecule has 57 heavy (non-hydrogen) atoms. The number of rotatable bonds is 18. The highest BCUT2D eigenvalue weighted by atomic mass is 32.2. The van der Waals surface area contributed by atoms with Crippen molar-refractivity contribution in [3.05, 3.63) is 11.6 Å². The summed E-state index contributed by atoms with van der Waals surface area (Å²) in [4.78, 5) is 0. The van der Waals surface area contributed by atoms with Crippen LogP contribution in [0.25, 0.3) is 0 Å². The van der Waals surface area contributed by atoms with Gasteiger partial charge >= 0.3 is 0 Å². The molecule has 18 atom stereocenters. The molecule has 7 N–H and O–H groups in total. The lowest BCUT2D eigenvalue weighted by atomic mass is 9.47. The van der Waals surface area contributed by atoms with Crippen LogP contribution in [-0.4, -0.2) is 128 Å². The molecule has 0 spiro atoms. The number of aliphatic hydroxyl groups is 7. The van der Waals surface area contributed by atoms with Crippen LogP contribution < -0.4 is 0 Å². The van der Waals surface area contributed by atoms with E-state index in [-0.39, 0.29) is 0 Å². The number of fused-ring (bicyclic) bond motifs is 5. The summed E-state index contributed by atoms with van der Waals surface area (Å²) in [5, 5.41) is 71.7. The SMILES string of the molecule is CC(C)CCCC(C)C1CCC2C3CC=C4CC(OCCCCCCSC5OC(CO)C(OC6OC(CO)C(O)C(O)C6O)C(O)C5O)CCC4(C)C3CCC12C. The second-order valence-electron chi connectivity index (χ2n) is 19.8. The number of unbranched alkanes of at least 4 members (excludes halogenated alkanes) is 3. The summed E-state index contributed by atoms with van der Waals surface area (Å²) in [6, 6.07) is 0. The van der Waals surface area contributed by atoms with Crippen LogP contribution in [0, 0.1) is 46.3 Å². The fraction of sp³-hybridized carbons (Fsp3) is 0.956. The maximum Gasteiger partial charge on any atom is 0.187 e. The zero-order valence-corrected chi connectivity index (χ0v) is 36.3. The van der Waals surface area contributed by atoms with Gasteiger partial charge in [-0.25, -0.2) is 0 Å². The van der Waals surface area contributed by atoms with E-state index in [9.17, 15) is 35.7 Å². The van der Waals surface area contributed by atoms with Gasteiger partial charge in [0, 0.05) is 6.61 Å². The molecule has 11 nitrogen and oxygen atoms in total. The van der Waals surface area contributed by atoms with E-state index in [4.69, 9.17) is 18.9 Å². The van der Waals surface area contributed by atoms with E-state index in [1.165, 1.54) is 69.5 Å². The van der Waals surface area contributed by atoms with Gasteiger partial charge in [-0.05, 0) is 116 Å². The number of hydrogen-bond acceptors (Lipinski definition) is 12. The van der Waals surface area contributed by atoms with Gasteiger partial charge in [-0.2, -0.15) is 0 Å². The summed E-state index contributed by atoms with van der Waals surface area (Å²) < 4.78 is 23.5. The van der Waals surface area contributed by atoms with Crippen molar-refractivity contribution in [1.82, 2.24) is 0 Å². The Morgan fingerprint density at radius 1 is 0.772 bits per heavy atom. The van der Waals surface area contributed by atoms with Crippen LogP contribution in [0.1, 0.15) is 131 Å². The molecular weight excluding hydrogens is 749 g/mol. The Hall–Kier alpha value is -0.350. The number of allylic oxidation sites excluding steroid dienone is 1. The van der Waals surface area contributed by atoms with Gasteiger partial charge in [0.2, 0.25) is 0 Å². The molecule has 3 saturated carbocycles.